The van der Waals surface area contributed by atoms with Crippen molar-refractivity contribution in [3.63, 3.8) is 0 Å². The Hall–Kier alpha value is -4.59. The topological polar surface area (TPSA) is 131 Å². The number of aromatic nitrogens is 2. The van der Waals surface area contributed by atoms with E-state index in [2.05, 4.69) is 50.4 Å². The zero-order chi connectivity index (χ0) is 32.5. The molecule has 0 bridgehead atoms. The molecule has 46 heavy (non-hydrogen) atoms. The third kappa shape index (κ3) is 5.65. The number of carbonyl (C=O) groups is 2. The normalized spacial score (nSPS) is 15.8. The molecule has 0 saturated carbocycles. The van der Waals surface area contributed by atoms with Gasteiger partial charge in [-0.25, -0.2) is 0 Å². The van der Waals surface area contributed by atoms with E-state index in [1.54, 1.807) is 18.2 Å². The van der Waals surface area contributed by atoms with E-state index in [1.807, 2.05) is 18.2 Å². The molecular formula is C33H26BrN3O7S2. The summed E-state index contributed by atoms with van der Waals surface area (Å²) < 4.78 is 16.9. The number of aliphatic hydroxyl groups excluding tert-OH is 1. The zero-order valence-corrected chi connectivity index (χ0v) is 27.9. The van der Waals surface area contributed by atoms with Gasteiger partial charge >= 0.3 is 5.91 Å². The Morgan fingerprint density at radius 2 is 1.67 bits per heavy atom. The molecule has 0 aliphatic carbocycles. The average Bonchev–Trinajstić information content (AvgIpc) is 3.65. The number of fused-ring (bicyclic) bond motifs is 1. The summed E-state index contributed by atoms with van der Waals surface area (Å²) in [7, 11) is 4.32. The number of halogens is 1. The molecule has 13 heteroatoms. The van der Waals surface area contributed by atoms with Gasteiger partial charge in [-0.05, 0) is 68.2 Å². The number of carbonyl (C=O) groups excluding carboxylic acids is 2. The number of aromatic hydroxyl groups is 1. The minimum Gasteiger partial charge on any atom is -0.507 e. The van der Waals surface area contributed by atoms with Crippen molar-refractivity contribution in [3.05, 3.63) is 99.5 Å². The van der Waals surface area contributed by atoms with E-state index in [0.29, 0.717) is 27.2 Å². The van der Waals surface area contributed by atoms with Gasteiger partial charge in [0, 0.05) is 11.3 Å². The van der Waals surface area contributed by atoms with Crippen LogP contribution in [0.5, 0.6) is 23.0 Å². The minimum absolute atomic E-state index is 0.102. The fourth-order valence-corrected chi connectivity index (χ4v) is 7.64. The largest absolute Gasteiger partial charge is 0.507 e. The van der Waals surface area contributed by atoms with Crippen LogP contribution in [0.3, 0.4) is 0 Å². The maximum Gasteiger partial charge on any atom is 0.301 e. The molecule has 4 aromatic carbocycles. The molecular weight excluding hydrogens is 694 g/mol. The van der Waals surface area contributed by atoms with Crippen molar-refractivity contribution in [1.29, 1.82) is 0 Å². The molecule has 1 saturated heterocycles. The lowest BCUT2D eigenvalue weighted by Gasteiger charge is -2.23. The molecule has 2 N–H and O–H groups in total. The zero-order valence-electron chi connectivity index (χ0n) is 24.7. The number of methoxy groups -OCH3 is 3. The van der Waals surface area contributed by atoms with E-state index >= 15 is 0 Å². The van der Waals surface area contributed by atoms with Gasteiger partial charge < -0.3 is 24.4 Å². The fourth-order valence-electron chi connectivity index (χ4n) is 5.31. The van der Waals surface area contributed by atoms with Crippen LogP contribution in [0.25, 0.3) is 16.5 Å². The summed E-state index contributed by atoms with van der Waals surface area (Å²) in [5, 5.41) is 33.2. The molecule has 2 heterocycles. The molecule has 0 radical (unpaired) electrons. The predicted octanol–water partition coefficient (Wildman–Crippen LogP) is 7.10. The van der Waals surface area contributed by atoms with Crippen molar-refractivity contribution in [2.45, 2.75) is 16.1 Å². The Bertz CT molecular complexity index is 2020. The number of amides is 1. The van der Waals surface area contributed by atoms with E-state index in [1.165, 1.54) is 50.1 Å². The van der Waals surface area contributed by atoms with Crippen LogP contribution in [0.2, 0.25) is 0 Å². The monoisotopic (exact) mass is 719 g/mol. The van der Waals surface area contributed by atoms with E-state index < -0.39 is 23.5 Å². The number of Topliss-reactive ketones (excluding diaryl/α,β-unsaturated/α-hetero) is 1. The molecule has 234 valence electrons. The summed E-state index contributed by atoms with van der Waals surface area (Å²) in [6, 6.07) is 20.8. The van der Waals surface area contributed by atoms with Gasteiger partial charge in [-0.3, -0.25) is 14.5 Å². The third-order valence-electron chi connectivity index (χ3n) is 7.52. The molecule has 1 unspecified atom stereocenters. The highest BCUT2D eigenvalue weighted by atomic mass is 79.9. The van der Waals surface area contributed by atoms with Crippen molar-refractivity contribution in [3.8, 4) is 23.0 Å². The van der Waals surface area contributed by atoms with E-state index in [0.717, 1.165) is 27.7 Å². The predicted molar refractivity (Wildman–Crippen MR) is 180 cm³/mol. The van der Waals surface area contributed by atoms with Gasteiger partial charge in [0.25, 0.3) is 5.78 Å². The highest BCUT2D eigenvalue weighted by Crippen LogP contribution is 2.47. The summed E-state index contributed by atoms with van der Waals surface area (Å²) in [5.41, 5.74) is 1.55. The molecule has 1 fully saturated rings. The minimum atomic E-state index is -1.14. The van der Waals surface area contributed by atoms with Crippen molar-refractivity contribution < 1.29 is 34.0 Å². The van der Waals surface area contributed by atoms with E-state index in [9.17, 15) is 19.8 Å². The second-order valence-corrected chi connectivity index (χ2v) is 13.1. The second kappa shape index (κ2) is 13.0. The number of ether oxygens (including phenoxy) is 3. The van der Waals surface area contributed by atoms with Gasteiger partial charge in [0.15, 0.2) is 27.3 Å². The molecule has 1 aromatic heterocycles. The highest BCUT2D eigenvalue weighted by molar-refractivity contribution is 9.10. The van der Waals surface area contributed by atoms with Crippen molar-refractivity contribution >= 4 is 72.4 Å². The number of ketones is 1. The molecule has 1 amide bonds. The van der Waals surface area contributed by atoms with Crippen LogP contribution in [0, 0.1) is 0 Å². The Balaban J connectivity index is 1.43. The number of hydrogen-bond acceptors (Lipinski definition) is 11. The quantitative estimate of drug-likeness (QED) is 0.0535. The third-order valence-corrected chi connectivity index (χ3v) is 10.2. The first-order valence-corrected chi connectivity index (χ1v) is 16.4. The van der Waals surface area contributed by atoms with Gasteiger partial charge in [-0.2, -0.15) is 0 Å². The number of phenols is 1. The molecule has 1 aliphatic heterocycles. The maximum absolute atomic E-state index is 13.7. The van der Waals surface area contributed by atoms with E-state index in [4.69, 9.17) is 14.2 Å². The average molecular weight is 721 g/mol. The number of nitrogens with zero attached hydrogens (tertiary/aromatic N) is 3. The molecule has 6 rings (SSSR count). The Labute approximate surface area is 280 Å². The first kappa shape index (κ1) is 31.4. The van der Waals surface area contributed by atoms with Crippen LogP contribution < -0.4 is 19.1 Å². The van der Waals surface area contributed by atoms with Gasteiger partial charge in [-0.1, -0.05) is 65.6 Å². The summed E-state index contributed by atoms with van der Waals surface area (Å²) in [6.45, 7) is 0. The molecule has 1 atom stereocenters. The summed E-state index contributed by atoms with van der Waals surface area (Å²) >= 11 is 5.96. The lowest BCUT2D eigenvalue weighted by molar-refractivity contribution is -0.132. The van der Waals surface area contributed by atoms with Crippen molar-refractivity contribution in [2.75, 3.05) is 26.2 Å². The number of thioether (sulfide) groups is 1. The van der Waals surface area contributed by atoms with Crippen LogP contribution in [0.1, 0.15) is 22.7 Å². The van der Waals surface area contributed by atoms with Crippen LogP contribution in [-0.2, 0) is 15.3 Å². The number of aliphatic hydroxyl groups is 1. The lowest BCUT2D eigenvalue weighted by Crippen LogP contribution is -2.29. The number of hydrogen-bond donors (Lipinski definition) is 2. The standard InChI is InChI=1S/C33H26BrN3O7S2/c1-42-23-12-11-18(14-24(23)43-2)28(38)26-27(20-13-22(34)29(39)25(15-20)44-3)37(31(41)30(26)40)32-35-36-33(46-32)45-16-19-9-6-8-17-7-4-5-10-21(17)19/h4-15,27,38-39H,16H2,1-3H3/b28-26+. The molecule has 5 aromatic rings. The number of anilines is 1. The highest BCUT2D eigenvalue weighted by Gasteiger charge is 2.49. The summed E-state index contributed by atoms with van der Waals surface area (Å²) in [6.07, 6.45) is 0. The molecule has 0 spiro atoms. The SMILES string of the molecule is COc1ccc(/C(O)=C2\C(=O)C(=O)N(c3nnc(SCc4cccc5ccccc45)s3)C2c2cc(Br)c(O)c(OC)c2)cc1OC. The molecule has 10 nitrogen and oxygen atoms in total. The van der Waals surface area contributed by atoms with Crippen molar-refractivity contribution in [2.24, 2.45) is 0 Å². The first-order chi connectivity index (χ1) is 22.2. The Morgan fingerprint density at radius 1 is 0.935 bits per heavy atom. The van der Waals surface area contributed by atoms with Crippen LogP contribution in [0.15, 0.2) is 87.2 Å². The van der Waals surface area contributed by atoms with Gasteiger partial charge in [0.1, 0.15) is 5.76 Å². The van der Waals surface area contributed by atoms with Gasteiger partial charge in [0.05, 0.1) is 37.4 Å². The van der Waals surface area contributed by atoms with Gasteiger partial charge in [-0.15, -0.1) is 10.2 Å². The Kier molecular flexibility index (Phi) is 8.89. The smallest absolute Gasteiger partial charge is 0.301 e. The van der Waals surface area contributed by atoms with Crippen molar-refractivity contribution in [1.82, 2.24) is 10.2 Å². The number of benzene rings is 4. The maximum atomic E-state index is 13.7. The van der Waals surface area contributed by atoms with Crippen LogP contribution >= 0.6 is 39.0 Å². The van der Waals surface area contributed by atoms with Crippen LogP contribution in [0.4, 0.5) is 5.13 Å². The van der Waals surface area contributed by atoms with E-state index in [-0.39, 0.29) is 32.2 Å². The second-order valence-electron chi connectivity index (χ2n) is 10.1. The summed E-state index contributed by atoms with van der Waals surface area (Å²) in [4.78, 5) is 28.6. The summed E-state index contributed by atoms with van der Waals surface area (Å²) in [5.74, 6) is -0.938. The van der Waals surface area contributed by atoms with Gasteiger partial charge in [0.2, 0.25) is 5.13 Å². The Morgan fingerprint density at radius 3 is 2.43 bits per heavy atom. The number of rotatable bonds is 9. The molecule has 1 aliphatic rings. The fraction of sp³-hybridized carbons (Fsp3) is 0.152. The first-order valence-electron chi connectivity index (χ1n) is 13.8. The lowest BCUT2D eigenvalue weighted by atomic mass is 9.95. The number of phenolic OH excluding ortho intramolecular Hbond substituents is 1. The van der Waals surface area contributed by atoms with Crippen LogP contribution in [-0.4, -0.2) is 53.4 Å².